The molecular formula is C11H15NO. The van der Waals surface area contributed by atoms with Gasteiger partial charge in [-0.15, -0.1) is 0 Å². The molecule has 0 bridgehead atoms. The van der Waals surface area contributed by atoms with Crippen molar-refractivity contribution in [3.05, 3.63) is 42.2 Å². The van der Waals surface area contributed by atoms with Gasteiger partial charge in [0.15, 0.2) is 0 Å². The SMILES string of the molecule is C=C(CCN)Oc1ccccc1C. The molecule has 1 aromatic carbocycles. The largest absolute Gasteiger partial charge is 0.462 e. The van der Waals surface area contributed by atoms with Gasteiger partial charge in [0.25, 0.3) is 0 Å². The van der Waals surface area contributed by atoms with Crippen LogP contribution in [0.15, 0.2) is 36.6 Å². The van der Waals surface area contributed by atoms with Crippen LogP contribution in [-0.4, -0.2) is 6.54 Å². The smallest absolute Gasteiger partial charge is 0.129 e. The lowest BCUT2D eigenvalue weighted by molar-refractivity contribution is 0.405. The molecule has 0 aliphatic heterocycles. The third-order valence-corrected chi connectivity index (χ3v) is 1.77. The third kappa shape index (κ3) is 2.92. The predicted molar refractivity (Wildman–Crippen MR) is 54.6 cm³/mol. The van der Waals surface area contributed by atoms with Gasteiger partial charge in [0.05, 0.1) is 5.76 Å². The predicted octanol–water partition coefficient (Wildman–Crippen LogP) is 2.24. The molecule has 2 heteroatoms. The molecule has 0 amide bonds. The van der Waals surface area contributed by atoms with E-state index >= 15 is 0 Å². The molecule has 0 heterocycles. The molecule has 0 fully saturated rings. The Kier molecular flexibility index (Phi) is 3.53. The lowest BCUT2D eigenvalue weighted by Gasteiger charge is -2.09. The summed E-state index contributed by atoms with van der Waals surface area (Å²) in [7, 11) is 0. The zero-order valence-corrected chi connectivity index (χ0v) is 7.92. The van der Waals surface area contributed by atoms with E-state index < -0.39 is 0 Å². The number of benzene rings is 1. The summed E-state index contributed by atoms with van der Waals surface area (Å²) in [6.07, 6.45) is 0.703. The van der Waals surface area contributed by atoms with Gasteiger partial charge in [-0.1, -0.05) is 24.8 Å². The van der Waals surface area contributed by atoms with Crippen molar-refractivity contribution in [1.29, 1.82) is 0 Å². The van der Waals surface area contributed by atoms with E-state index in [9.17, 15) is 0 Å². The zero-order chi connectivity index (χ0) is 9.68. The highest BCUT2D eigenvalue weighted by Crippen LogP contribution is 2.19. The van der Waals surface area contributed by atoms with E-state index in [2.05, 4.69) is 6.58 Å². The summed E-state index contributed by atoms with van der Waals surface area (Å²) >= 11 is 0. The Bertz CT molecular complexity index is 294. The summed E-state index contributed by atoms with van der Waals surface area (Å²) in [5.41, 5.74) is 6.49. The minimum Gasteiger partial charge on any atom is -0.462 e. The van der Waals surface area contributed by atoms with Crippen LogP contribution in [0, 0.1) is 6.92 Å². The average Bonchev–Trinajstić information content (AvgIpc) is 2.09. The second kappa shape index (κ2) is 4.67. The van der Waals surface area contributed by atoms with Crippen molar-refractivity contribution in [3.63, 3.8) is 0 Å². The fraction of sp³-hybridized carbons (Fsp3) is 0.273. The summed E-state index contributed by atoms with van der Waals surface area (Å²) in [5.74, 6) is 1.58. The van der Waals surface area contributed by atoms with Crippen molar-refractivity contribution in [2.45, 2.75) is 13.3 Å². The molecule has 2 nitrogen and oxygen atoms in total. The first kappa shape index (κ1) is 9.81. The second-order valence-electron chi connectivity index (χ2n) is 2.94. The van der Waals surface area contributed by atoms with Crippen LogP contribution in [0.4, 0.5) is 0 Å². The Labute approximate surface area is 79.0 Å². The van der Waals surface area contributed by atoms with Crippen molar-refractivity contribution in [3.8, 4) is 5.75 Å². The molecule has 0 aromatic heterocycles. The van der Waals surface area contributed by atoms with Gasteiger partial charge in [-0.2, -0.15) is 0 Å². The molecule has 0 saturated carbocycles. The number of para-hydroxylation sites is 1. The van der Waals surface area contributed by atoms with Crippen molar-refractivity contribution >= 4 is 0 Å². The van der Waals surface area contributed by atoms with E-state index in [1.54, 1.807) is 0 Å². The van der Waals surface area contributed by atoms with Gasteiger partial charge in [-0.3, -0.25) is 0 Å². The Balaban J connectivity index is 2.63. The first-order valence-corrected chi connectivity index (χ1v) is 4.35. The maximum absolute atomic E-state index is 5.51. The maximum atomic E-state index is 5.51. The summed E-state index contributed by atoms with van der Waals surface area (Å²) in [6.45, 7) is 6.36. The van der Waals surface area contributed by atoms with Crippen LogP contribution in [0.2, 0.25) is 0 Å². The van der Waals surface area contributed by atoms with Crippen molar-refractivity contribution in [2.75, 3.05) is 6.54 Å². The van der Waals surface area contributed by atoms with Crippen molar-refractivity contribution in [1.82, 2.24) is 0 Å². The van der Waals surface area contributed by atoms with Crippen LogP contribution < -0.4 is 10.5 Å². The van der Waals surface area contributed by atoms with E-state index in [-0.39, 0.29) is 0 Å². The quantitative estimate of drug-likeness (QED) is 0.716. The summed E-state index contributed by atoms with van der Waals surface area (Å²) in [6, 6.07) is 7.86. The van der Waals surface area contributed by atoms with E-state index in [1.807, 2.05) is 31.2 Å². The van der Waals surface area contributed by atoms with E-state index in [0.29, 0.717) is 13.0 Å². The van der Waals surface area contributed by atoms with Gasteiger partial charge >= 0.3 is 0 Å². The Morgan fingerprint density at radius 3 is 2.77 bits per heavy atom. The van der Waals surface area contributed by atoms with E-state index in [1.165, 1.54) is 0 Å². The fourth-order valence-electron chi connectivity index (χ4n) is 1.04. The molecule has 1 rings (SSSR count). The first-order valence-electron chi connectivity index (χ1n) is 4.35. The van der Waals surface area contributed by atoms with Crippen LogP contribution in [0.5, 0.6) is 5.75 Å². The van der Waals surface area contributed by atoms with Gasteiger partial charge < -0.3 is 10.5 Å². The molecule has 0 saturated heterocycles. The monoisotopic (exact) mass is 177 g/mol. The van der Waals surface area contributed by atoms with Gasteiger partial charge in [-0.25, -0.2) is 0 Å². The molecule has 0 radical (unpaired) electrons. The molecule has 0 aliphatic rings. The van der Waals surface area contributed by atoms with Crippen molar-refractivity contribution < 1.29 is 4.74 Å². The highest BCUT2D eigenvalue weighted by molar-refractivity contribution is 5.32. The van der Waals surface area contributed by atoms with Gasteiger partial charge in [0.2, 0.25) is 0 Å². The maximum Gasteiger partial charge on any atom is 0.129 e. The van der Waals surface area contributed by atoms with Gasteiger partial charge in [0.1, 0.15) is 5.75 Å². The number of nitrogens with two attached hydrogens (primary N) is 1. The molecule has 70 valence electrons. The lowest BCUT2D eigenvalue weighted by atomic mass is 10.2. The minimum atomic E-state index is 0.574. The molecule has 0 atom stereocenters. The van der Waals surface area contributed by atoms with Crippen LogP contribution >= 0.6 is 0 Å². The number of aryl methyl sites for hydroxylation is 1. The topological polar surface area (TPSA) is 35.2 Å². The zero-order valence-electron chi connectivity index (χ0n) is 7.92. The summed E-state index contributed by atoms with van der Waals surface area (Å²) in [5, 5.41) is 0. The highest BCUT2D eigenvalue weighted by Gasteiger charge is 1.99. The Hall–Kier alpha value is -1.28. The van der Waals surface area contributed by atoms with Crippen LogP contribution in [0.1, 0.15) is 12.0 Å². The molecule has 2 N–H and O–H groups in total. The van der Waals surface area contributed by atoms with Crippen LogP contribution in [0.25, 0.3) is 0 Å². The van der Waals surface area contributed by atoms with E-state index in [4.69, 9.17) is 10.5 Å². The molecule has 0 unspecified atom stereocenters. The normalized spacial score (nSPS) is 9.69. The number of hydrogen-bond acceptors (Lipinski definition) is 2. The Morgan fingerprint density at radius 2 is 2.15 bits per heavy atom. The summed E-state index contributed by atoms with van der Waals surface area (Å²) in [4.78, 5) is 0. The average molecular weight is 177 g/mol. The molecule has 0 aliphatic carbocycles. The number of ether oxygens (including phenoxy) is 1. The summed E-state index contributed by atoms with van der Waals surface area (Å²) < 4.78 is 5.51. The molecular weight excluding hydrogens is 162 g/mol. The molecule has 13 heavy (non-hydrogen) atoms. The third-order valence-electron chi connectivity index (χ3n) is 1.77. The fourth-order valence-corrected chi connectivity index (χ4v) is 1.04. The van der Waals surface area contributed by atoms with Crippen LogP contribution in [-0.2, 0) is 0 Å². The number of hydrogen-bond donors (Lipinski definition) is 1. The van der Waals surface area contributed by atoms with Crippen molar-refractivity contribution in [2.24, 2.45) is 5.73 Å². The molecule has 1 aromatic rings. The van der Waals surface area contributed by atoms with Gasteiger partial charge in [-0.05, 0) is 25.1 Å². The minimum absolute atomic E-state index is 0.574. The standard InChI is InChI=1S/C11H15NO/c1-9-5-3-4-6-11(9)13-10(2)7-8-12/h3-6H,2,7-8,12H2,1H3. The lowest BCUT2D eigenvalue weighted by Crippen LogP contribution is -2.04. The highest BCUT2D eigenvalue weighted by atomic mass is 16.5. The molecule has 0 spiro atoms. The van der Waals surface area contributed by atoms with E-state index in [0.717, 1.165) is 17.1 Å². The number of rotatable bonds is 4. The van der Waals surface area contributed by atoms with Crippen LogP contribution in [0.3, 0.4) is 0 Å². The Morgan fingerprint density at radius 1 is 1.46 bits per heavy atom. The van der Waals surface area contributed by atoms with Gasteiger partial charge in [0, 0.05) is 6.42 Å². The first-order chi connectivity index (χ1) is 6.24. The second-order valence-corrected chi connectivity index (χ2v) is 2.94.